The van der Waals surface area contributed by atoms with Gasteiger partial charge in [0.2, 0.25) is 0 Å². The molecule has 0 amide bonds. The van der Waals surface area contributed by atoms with Crippen LogP contribution in [0.2, 0.25) is 0 Å². The maximum Gasteiger partial charge on any atom is -0.0412 e. The van der Waals surface area contributed by atoms with Crippen LogP contribution in [0.25, 0.3) is 0 Å². The van der Waals surface area contributed by atoms with Crippen LogP contribution in [-0.4, -0.2) is 0 Å². The lowest BCUT2D eigenvalue weighted by atomic mass is 9.72. The van der Waals surface area contributed by atoms with Gasteiger partial charge in [-0.15, -0.1) is 0 Å². The number of rotatable bonds is 31. The summed E-state index contributed by atoms with van der Waals surface area (Å²) in [6, 6.07) is 0. The fourth-order valence-electron chi connectivity index (χ4n) is 10.2. The molecule has 0 aromatic heterocycles. The Morgan fingerprint density at radius 1 is 0.242 bits per heavy atom. The van der Waals surface area contributed by atoms with Crippen LogP contribution >= 0.6 is 0 Å². The third-order valence-electron chi connectivity index (χ3n) is 15.4. The molecule has 0 aromatic rings. The average molecular weight is 938 g/mol. The summed E-state index contributed by atoms with van der Waals surface area (Å²) in [5, 5.41) is 0. The number of unbranched alkanes of at least 4 members (excludes halogenated alkanes) is 8. The van der Waals surface area contributed by atoms with Gasteiger partial charge in [0.15, 0.2) is 0 Å². The molecule has 0 aliphatic heterocycles. The van der Waals surface area contributed by atoms with Crippen molar-refractivity contribution in [2.45, 2.75) is 377 Å². The summed E-state index contributed by atoms with van der Waals surface area (Å²) in [6.45, 7) is 48.1. The van der Waals surface area contributed by atoms with Crippen LogP contribution in [0.5, 0.6) is 0 Å². The smallest absolute Gasteiger partial charge is 0.0412 e. The topological polar surface area (TPSA) is 0 Å². The predicted molar refractivity (Wildman–Crippen MR) is 317 cm³/mol. The van der Waals surface area contributed by atoms with Crippen molar-refractivity contribution in [2.24, 2.45) is 53.3 Å². The van der Waals surface area contributed by atoms with Crippen LogP contribution in [0.4, 0.5) is 0 Å². The summed E-state index contributed by atoms with van der Waals surface area (Å²) < 4.78 is 0. The molecule has 2 atom stereocenters. The van der Waals surface area contributed by atoms with Crippen LogP contribution in [0.1, 0.15) is 377 Å². The Kier molecular flexibility index (Phi) is 78.7. The zero-order valence-electron chi connectivity index (χ0n) is 51.7. The van der Waals surface area contributed by atoms with E-state index in [1.165, 1.54) is 231 Å². The molecule has 1 fully saturated rings. The molecule has 2 unspecified atom stereocenters. The third-order valence-corrected chi connectivity index (χ3v) is 15.4. The molecule has 0 aromatic carbocycles. The summed E-state index contributed by atoms with van der Waals surface area (Å²) in [5.74, 6) is 9.06. The van der Waals surface area contributed by atoms with Crippen molar-refractivity contribution in [1.82, 2.24) is 0 Å². The molecule has 0 nitrogen and oxygen atoms in total. The lowest BCUT2D eigenvalue weighted by molar-refractivity contribution is 0.183. The van der Waals surface area contributed by atoms with Crippen molar-refractivity contribution < 1.29 is 0 Å². The third kappa shape index (κ3) is 58.3. The standard InChI is InChI=1S/C16H32.C15H32.C12H26.C10H22.C7H16.2C3H8/c1-5-13-9-14(6-2)11-16(8-4)12-15(7-3)10-13;1-6-13(7-2)11-15(10-5)12-14(8-3)9-4;1-4-7-8-9-11-12(6-3)10-5-2;1-4-7-9-10(6-3)8-5-2;1-3-5-7-6-4-2;2*1-3-2/h13-16H,5-12H2,1-4H3;13-15H,6-12H2,1-5H3;12H,4-11H2,1-3H3;10H,4-9H2,1-3H3;3-7H2,1-2H3;2*3H2,1-2H3. The SMILES string of the molecule is CCC.CCC.CCC(CC)CC(CC)CC(CC)CC.CCC1CC(CC)CC(CC)CC(CC)C1.CCCCC(CC)CCC.CCCCCCC.CCCCCCC(CC)CCC. The Hall–Kier alpha value is 0. The molecule has 1 saturated carbocycles. The first-order valence-electron chi connectivity index (χ1n) is 31.9. The van der Waals surface area contributed by atoms with E-state index in [4.69, 9.17) is 0 Å². The predicted octanol–water partition coefficient (Wildman–Crippen LogP) is 25.9. The molecular weight excluding hydrogens is 793 g/mol. The van der Waals surface area contributed by atoms with E-state index in [0.717, 1.165) is 53.3 Å². The fourth-order valence-corrected chi connectivity index (χ4v) is 10.2. The first-order valence-corrected chi connectivity index (χ1v) is 31.9. The largest absolute Gasteiger partial charge is 0.0656 e. The lowest BCUT2D eigenvalue weighted by Crippen LogP contribution is -2.21. The Labute approximate surface area is 427 Å². The minimum atomic E-state index is 0.976. The Morgan fingerprint density at radius 3 is 0.697 bits per heavy atom. The molecule has 0 heterocycles. The molecule has 0 spiro atoms. The molecule has 0 bridgehead atoms. The van der Waals surface area contributed by atoms with Gasteiger partial charge < -0.3 is 0 Å². The quantitative estimate of drug-likeness (QED) is 0.0608. The van der Waals surface area contributed by atoms with Crippen molar-refractivity contribution >= 4 is 0 Å². The van der Waals surface area contributed by atoms with Gasteiger partial charge in [0.05, 0.1) is 0 Å². The van der Waals surface area contributed by atoms with Crippen LogP contribution in [0.15, 0.2) is 0 Å². The Balaban J connectivity index is -0.000000169. The molecule has 408 valence electrons. The number of hydrogen-bond acceptors (Lipinski definition) is 0. The highest BCUT2D eigenvalue weighted by molar-refractivity contribution is 4.77. The van der Waals surface area contributed by atoms with Gasteiger partial charge in [0.1, 0.15) is 0 Å². The second kappa shape index (κ2) is 67.1. The first kappa shape index (κ1) is 77.5. The van der Waals surface area contributed by atoms with Crippen molar-refractivity contribution in [3.8, 4) is 0 Å². The first-order chi connectivity index (χ1) is 31.9. The van der Waals surface area contributed by atoms with E-state index in [-0.39, 0.29) is 0 Å². The van der Waals surface area contributed by atoms with Gasteiger partial charge in [0, 0.05) is 0 Å². The average Bonchev–Trinajstić information content (AvgIpc) is 3.33. The number of hydrogen-bond donors (Lipinski definition) is 0. The normalized spacial score (nSPS) is 17.6. The minimum Gasteiger partial charge on any atom is -0.0656 e. The molecule has 0 radical (unpaired) electrons. The van der Waals surface area contributed by atoms with Crippen LogP contribution in [0.3, 0.4) is 0 Å². The molecular formula is C66H144. The van der Waals surface area contributed by atoms with Gasteiger partial charge in [0.25, 0.3) is 0 Å². The zero-order valence-corrected chi connectivity index (χ0v) is 51.7. The van der Waals surface area contributed by atoms with E-state index in [9.17, 15) is 0 Å². The molecule has 1 rings (SSSR count). The van der Waals surface area contributed by atoms with Crippen LogP contribution in [0, 0.1) is 53.3 Å². The van der Waals surface area contributed by atoms with Crippen molar-refractivity contribution in [3.63, 3.8) is 0 Å². The summed E-state index contributed by atoms with van der Waals surface area (Å²) in [5.41, 5.74) is 0. The Bertz CT molecular complexity index is 677. The molecule has 0 heteroatoms. The summed E-state index contributed by atoms with van der Waals surface area (Å²) >= 11 is 0. The summed E-state index contributed by atoms with van der Waals surface area (Å²) in [6.07, 6.45) is 50.8. The monoisotopic (exact) mass is 937 g/mol. The van der Waals surface area contributed by atoms with Gasteiger partial charge >= 0.3 is 0 Å². The van der Waals surface area contributed by atoms with E-state index in [1.807, 2.05) is 0 Å². The minimum absolute atomic E-state index is 0.976. The van der Waals surface area contributed by atoms with E-state index < -0.39 is 0 Å². The van der Waals surface area contributed by atoms with Gasteiger partial charge in [-0.3, -0.25) is 0 Å². The highest BCUT2D eigenvalue weighted by Gasteiger charge is 2.26. The van der Waals surface area contributed by atoms with Gasteiger partial charge in [-0.2, -0.15) is 0 Å². The lowest BCUT2D eigenvalue weighted by Gasteiger charge is -2.33. The molecule has 1 aliphatic rings. The van der Waals surface area contributed by atoms with Gasteiger partial charge in [-0.1, -0.05) is 338 Å². The highest BCUT2D eigenvalue weighted by Crippen LogP contribution is 2.38. The van der Waals surface area contributed by atoms with E-state index >= 15 is 0 Å². The highest BCUT2D eigenvalue weighted by atomic mass is 14.3. The maximum absolute atomic E-state index is 2.39. The van der Waals surface area contributed by atoms with Crippen molar-refractivity contribution in [1.29, 1.82) is 0 Å². The summed E-state index contributed by atoms with van der Waals surface area (Å²) in [7, 11) is 0. The summed E-state index contributed by atoms with van der Waals surface area (Å²) in [4.78, 5) is 0. The van der Waals surface area contributed by atoms with E-state index in [1.54, 1.807) is 0 Å². The Morgan fingerprint density at radius 2 is 0.485 bits per heavy atom. The maximum atomic E-state index is 2.39. The van der Waals surface area contributed by atoms with E-state index in [0.29, 0.717) is 0 Å². The van der Waals surface area contributed by atoms with Crippen LogP contribution in [-0.2, 0) is 0 Å². The molecule has 0 N–H and O–H groups in total. The van der Waals surface area contributed by atoms with Crippen LogP contribution < -0.4 is 0 Å². The zero-order chi connectivity index (χ0) is 51.7. The molecule has 1 aliphatic carbocycles. The van der Waals surface area contributed by atoms with Gasteiger partial charge in [-0.05, 0) is 91.8 Å². The van der Waals surface area contributed by atoms with Crippen molar-refractivity contribution in [2.75, 3.05) is 0 Å². The second-order valence-corrected chi connectivity index (χ2v) is 21.7. The van der Waals surface area contributed by atoms with E-state index in [2.05, 4.69) is 145 Å². The fraction of sp³-hybridized carbons (Fsp3) is 1.00. The van der Waals surface area contributed by atoms with Crippen molar-refractivity contribution in [3.05, 3.63) is 0 Å². The molecule has 0 saturated heterocycles. The van der Waals surface area contributed by atoms with Gasteiger partial charge in [-0.25, -0.2) is 0 Å². The second-order valence-electron chi connectivity index (χ2n) is 21.7. The molecule has 66 heavy (non-hydrogen) atoms.